The van der Waals surface area contributed by atoms with Crippen LogP contribution in [0.4, 0.5) is 4.79 Å². The van der Waals surface area contributed by atoms with Crippen molar-refractivity contribution < 1.29 is 43.2 Å². The average Bonchev–Trinajstić information content (AvgIpc) is 2.81. The van der Waals surface area contributed by atoms with Gasteiger partial charge in [0.2, 0.25) is 5.91 Å². The number of nitrogens with one attached hydrogen (secondary N) is 2. The summed E-state index contributed by atoms with van der Waals surface area (Å²) in [6, 6.07) is 5.89. The van der Waals surface area contributed by atoms with Crippen LogP contribution in [0, 0.1) is 0 Å². The number of alkyl carbamates (subject to hydrolysis) is 1. The molecule has 11 heteroatoms. The second-order valence-electron chi connectivity index (χ2n) is 9.23. The number of aromatic hydroxyl groups is 1. The fourth-order valence-corrected chi connectivity index (χ4v) is 2.90. The Bertz CT molecular complexity index is 794. The van der Waals surface area contributed by atoms with Crippen molar-refractivity contribution in [2.75, 3.05) is 59.4 Å². The van der Waals surface area contributed by atoms with Crippen molar-refractivity contribution in [3.63, 3.8) is 0 Å². The number of hydrogen-bond acceptors (Lipinski definition) is 9. The molecule has 0 aliphatic carbocycles. The minimum atomic E-state index is -0.625. The summed E-state index contributed by atoms with van der Waals surface area (Å²) >= 11 is 0. The molecule has 0 spiro atoms. The molecule has 0 fully saturated rings. The normalized spacial score (nSPS) is 12.1. The molecule has 11 nitrogen and oxygen atoms in total. The molecule has 0 radical (unpaired) electrons. The number of amides is 2. The van der Waals surface area contributed by atoms with Crippen LogP contribution in [-0.4, -0.2) is 93.9 Å². The zero-order valence-electron chi connectivity index (χ0n) is 22.4. The summed E-state index contributed by atoms with van der Waals surface area (Å²) in [7, 11) is 0. The summed E-state index contributed by atoms with van der Waals surface area (Å²) in [5, 5.41) is 14.7. The Morgan fingerprint density at radius 1 is 0.838 bits per heavy atom. The highest BCUT2D eigenvalue weighted by molar-refractivity contribution is 5.87. The Morgan fingerprint density at radius 2 is 1.35 bits per heavy atom. The van der Waals surface area contributed by atoms with Crippen LogP contribution < -0.4 is 10.6 Å². The molecule has 0 aliphatic heterocycles. The van der Waals surface area contributed by atoms with E-state index < -0.39 is 17.7 Å². The average molecular weight is 527 g/mol. The minimum Gasteiger partial charge on any atom is -0.508 e. The number of ether oxygens (including phenoxy) is 5. The summed E-state index contributed by atoms with van der Waals surface area (Å²) in [5.74, 6) is -0.260. The lowest BCUT2D eigenvalue weighted by Crippen LogP contribution is -2.41. The van der Waals surface area contributed by atoms with Crippen molar-refractivity contribution in [1.29, 1.82) is 0 Å². The maximum atomic E-state index is 12.1. The summed E-state index contributed by atoms with van der Waals surface area (Å²) in [6.45, 7) is 10.1. The highest BCUT2D eigenvalue weighted by Crippen LogP contribution is 2.12. The van der Waals surface area contributed by atoms with Gasteiger partial charge in [0.05, 0.1) is 58.9 Å². The highest BCUT2D eigenvalue weighted by atomic mass is 16.6. The van der Waals surface area contributed by atoms with Crippen molar-refractivity contribution in [3.8, 4) is 5.75 Å². The predicted octanol–water partition coefficient (Wildman–Crippen LogP) is 1.99. The minimum absolute atomic E-state index is 0.135. The Kier molecular flexibility index (Phi) is 16.2. The van der Waals surface area contributed by atoms with Gasteiger partial charge in [0.25, 0.3) is 0 Å². The van der Waals surface area contributed by atoms with Gasteiger partial charge < -0.3 is 39.4 Å². The molecule has 0 aliphatic rings. The van der Waals surface area contributed by atoms with Gasteiger partial charge in [-0.25, -0.2) is 4.79 Å². The molecule has 210 valence electrons. The van der Waals surface area contributed by atoms with Crippen molar-refractivity contribution in [1.82, 2.24) is 10.6 Å². The molecule has 1 aromatic carbocycles. The number of hydrogen-bond donors (Lipinski definition) is 3. The van der Waals surface area contributed by atoms with Crippen LogP contribution in [-0.2, 0) is 39.7 Å². The summed E-state index contributed by atoms with van der Waals surface area (Å²) in [5.41, 5.74) is 0.317. The van der Waals surface area contributed by atoms with Crippen LogP contribution in [0.15, 0.2) is 24.3 Å². The summed E-state index contributed by atoms with van der Waals surface area (Å²) < 4.78 is 26.7. The molecule has 0 saturated carbocycles. The van der Waals surface area contributed by atoms with Gasteiger partial charge >= 0.3 is 6.09 Å². The number of rotatable bonds is 19. The molecule has 1 aromatic rings. The van der Waals surface area contributed by atoms with Gasteiger partial charge in [-0.3, -0.25) is 9.59 Å². The van der Waals surface area contributed by atoms with Crippen LogP contribution in [0.3, 0.4) is 0 Å². The lowest BCUT2D eigenvalue weighted by atomic mass is 10.0. The highest BCUT2D eigenvalue weighted by Gasteiger charge is 2.18. The monoisotopic (exact) mass is 526 g/mol. The molecule has 2 amide bonds. The second kappa shape index (κ2) is 18.5. The number of phenols is 1. The molecule has 37 heavy (non-hydrogen) atoms. The quantitative estimate of drug-likeness (QED) is 0.231. The number of benzene rings is 1. The maximum Gasteiger partial charge on any atom is 0.407 e. The molecule has 0 bridgehead atoms. The van der Waals surface area contributed by atoms with Gasteiger partial charge in [0.15, 0.2) is 5.78 Å². The summed E-state index contributed by atoms with van der Waals surface area (Å²) in [6.07, 6.45) is 0.0195. The molecule has 1 atom stereocenters. The van der Waals surface area contributed by atoms with Crippen molar-refractivity contribution in [2.45, 2.75) is 52.2 Å². The molecule has 3 N–H and O–H groups in total. The predicted molar refractivity (Wildman–Crippen MR) is 137 cm³/mol. The van der Waals surface area contributed by atoms with E-state index in [-0.39, 0.29) is 30.5 Å². The fourth-order valence-electron chi connectivity index (χ4n) is 2.90. The van der Waals surface area contributed by atoms with E-state index in [2.05, 4.69) is 10.6 Å². The van der Waals surface area contributed by atoms with Gasteiger partial charge in [0, 0.05) is 13.0 Å². The molecule has 0 heterocycles. The number of carbonyl (C=O) groups is 3. The number of phenolic OH excluding ortho intramolecular Hbond substituents is 1. The van der Waals surface area contributed by atoms with E-state index >= 15 is 0 Å². The zero-order valence-corrected chi connectivity index (χ0v) is 22.4. The van der Waals surface area contributed by atoms with Crippen molar-refractivity contribution in [3.05, 3.63) is 29.8 Å². The van der Waals surface area contributed by atoms with Gasteiger partial charge in [-0.1, -0.05) is 12.1 Å². The van der Waals surface area contributed by atoms with E-state index in [1.807, 2.05) is 0 Å². The fraction of sp³-hybridized carbons (Fsp3) is 0.654. The van der Waals surface area contributed by atoms with E-state index in [1.165, 1.54) is 6.92 Å². The van der Waals surface area contributed by atoms with E-state index in [1.54, 1.807) is 45.0 Å². The number of Topliss-reactive ketones (excluding diaryl/α,β-unsaturated/α-hetero) is 1. The molecular weight excluding hydrogens is 484 g/mol. The van der Waals surface area contributed by atoms with Crippen molar-refractivity contribution >= 4 is 17.8 Å². The van der Waals surface area contributed by atoms with Crippen LogP contribution in [0.1, 0.15) is 39.7 Å². The molecule has 1 rings (SSSR count). The lowest BCUT2D eigenvalue weighted by molar-refractivity contribution is -0.127. The van der Waals surface area contributed by atoms with Crippen LogP contribution in [0.2, 0.25) is 0 Å². The Labute approximate surface area is 219 Å². The maximum absolute atomic E-state index is 12.1. The largest absolute Gasteiger partial charge is 0.508 e. The molecule has 1 unspecified atom stereocenters. The first-order valence-electron chi connectivity index (χ1n) is 12.4. The van der Waals surface area contributed by atoms with E-state index in [0.717, 1.165) is 5.56 Å². The van der Waals surface area contributed by atoms with Crippen LogP contribution in [0.25, 0.3) is 0 Å². The third kappa shape index (κ3) is 18.2. The Morgan fingerprint density at radius 3 is 1.86 bits per heavy atom. The molecule has 0 saturated heterocycles. The molecular formula is C26H42N2O9. The Balaban J connectivity index is 1.94. The van der Waals surface area contributed by atoms with E-state index in [4.69, 9.17) is 23.7 Å². The van der Waals surface area contributed by atoms with Gasteiger partial charge in [-0.05, 0) is 51.8 Å². The topological polar surface area (TPSA) is 142 Å². The van der Waals surface area contributed by atoms with E-state index in [9.17, 15) is 19.5 Å². The first-order chi connectivity index (χ1) is 17.6. The number of carbonyl (C=O) groups excluding carboxylic acids is 3. The molecule has 0 aromatic heterocycles. The number of ketones is 1. The summed E-state index contributed by atoms with van der Waals surface area (Å²) in [4.78, 5) is 35.5. The van der Waals surface area contributed by atoms with Crippen LogP contribution >= 0.6 is 0 Å². The van der Waals surface area contributed by atoms with Gasteiger partial charge in [0.1, 0.15) is 11.4 Å². The standard InChI is InChI=1S/C26H42N2O9/c1-20(29)23(19-21-5-7-22(30)8-6-21)28-24(31)9-11-33-13-15-35-17-18-36-16-14-34-12-10-27-25(32)37-26(2,3)4/h5-8,23,30H,9-19H2,1-4H3,(H,27,32)(H,28,31). The SMILES string of the molecule is CC(=O)C(Cc1ccc(O)cc1)NC(=O)CCOCCOCCOCCOCCNC(=O)OC(C)(C)C. The third-order valence-electron chi connectivity index (χ3n) is 4.71. The van der Waals surface area contributed by atoms with Gasteiger partial charge in [-0.2, -0.15) is 0 Å². The third-order valence-corrected chi connectivity index (χ3v) is 4.71. The van der Waals surface area contributed by atoms with E-state index in [0.29, 0.717) is 59.2 Å². The first kappa shape index (κ1) is 32.3. The first-order valence-corrected chi connectivity index (χ1v) is 12.4. The van der Waals surface area contributed by atoms with Gasteiger partial charge in [-0.15, -0.1) is 0 Å². The lowest BCUT2D eigenvalue weighted by Gasteiger charge is -2.19. The Hall–Kier alpha value is -2.73. The second-order valence-corrected chi connectivity index (χ2v) is 9.23. The smallest absolute Gasteiger partial charge is 0.407 e. The van der Waals surface area contributed by atoms with Crippen molar-refractivity contribution in [2.24, 2.45) is 0 Å². The van der Waals surface area contributed by atoms with Crippen LogP contribution in [0.5, 0.6) is 5.75 Å². The zero-order chi connectivity index (χ0) is 27.5.